The van der Waals surface area contributed by atoms with Crippen molar-refractivity contribution in [2.24, 2.45) is 0 Å². The minimum Gasteiger partial charge on any atom is -0.361 e. The second-order valence-electron chi connectivity index (χ2n) is 10.5. The zero-order chi connectivity index (χ0) is 29.4. The highest BCUT2D eigenvalue weighted by Crippen LogP contribution is 2.35. The number of fused-ring (bicyclic) bond motifs is 1. The van der Waals surface area contributed by atoms with E-state index < -0.39 is 31.4 Å². The van der Waals surface area contributed by atoms with Crippen molar-refractivity contribution in [1.29, 1.82) is 0 Å². The largest absolute Gasteiger partial charge is 0.418 e. The summed E-state index contributed by atoms with van der Waals surface area (Å²) < 4.78 is 65.5. The number of alkyl halides is 3. The van der Waals surface area contributed by atoms with Gasteiger partial charge in [0.2, 0.25) is 5.82 Å². The van der Waals surface area contributed by atoms with E-state index in [9.17, 15) is 18.0 Å². The second kappa shape index (κ2) is 10.9. The smallest absolute Gasteiger partial charge is 0.361 e. The van der Waals surface area contributed by atoms with Crippen LogP contribution < -0.4 is 0 Å². The van der Waals surface area contributed by atoms with Crippen LogP contribution in [0.1, 0.15) is 21.5 Å². The number of pyridine rings is 2. The van der Waals surface area contributed by atoms with Crippen LogP contribution in [0, 0.1) is 5.82 Å². The molecular formula is C27H25F4N7O2Si. The Morgan fingerprint density at radius 1 is 1.00 bits per heavy atom. The van der Waals surface area contributed by atoms with E-state index in [1.54, 1.807) is 0 Å². The van der Waals surface area contributed by atoms with Crippen LogP contribution in [0.3, 0.4) is 0 Å². The Hall–Kier alpha value is -4.30. The molecule has 0 saturated carbocycles. The predicted molar refractivity (Wildman–Crippen MR) is 145 cm³/mol. The molecule has 0 bridgehead atoms. The Morgan fingerprint density at radius 2 is 1.73 bits per heavy atom. The molecule has 41 heavy (non-hydrogen) atoms. The molecule has 0 radical (unpaired) electrons. The van der Waals surface area contributed by atoms with Crippen molar-refractivity contribution in [1.82, 2.24) is 34.3 Å². The number of ether oxygens (including phenoxy) is 1. The Balaban J connectivity index is 1.66. The van der Waals surface area contributed by atoms with Crippen molar-refractivity contribution in [3.05, 3.63) is 84.0 Å². The number of hydrogen-bond donors (Lipinski definition) is 0. The molecule has 0 aliphatic rings. The summed E-state index contributed by atoms with van der Waals surface area (Å²) in [5, 5.41) is 7.86. The van der Waals surface area contributed by atoms with Gasteiger partial charge in [-0.1, -0.05) is 19.6 Å². The number of hydrogen-bond acceptors (Lipinski definition) is 7. The maximum absolute atomic E-state index is 15.5. The zero-order valence-corrected chi connectivity index (χ0v) is 23.4. The number of imidazole rings is 1. The first kappa shape index (κ1) is 28.2. The zero-order valence-electron chi connectivity index (χ0n) is 22.4. The molecule has 14 heteroatoms. The standard InChI is InChI=1S/C27H25F4N7O2Si/c1-41(2,3)11-10-40-16-38-21-13-18(24(39)17-4-7-32-8-5-17)12-20(28)23(21)35-25(38)26-36-34-15-37(26)22-14-33-9-6-19(22)27(29,30)31/h4-9,12-15H,10-11,16H2,1-3H3. The van der Waals surface area contributed by atoms with E-state index in [4.69, 9.17) is 4.74 Å². The lowest BCUT2D eigenvalue weighted by atomic mass is 10.0. The average Bonchev–Trinajstić information content (AvgIpc) is 3.55. The predicted octanol–water partition coefficient (Wildman–Crippen LogP) is 5.78. The highest BCUT2D eigenvalue weighted by Gasteiger charge is 2.35. The van der Waals surface area contributed by atoms with E-state index in [0.717, 1.165) is 41.5 Å². The maximum atomic E-state index is 15.5. The molecule has 0 N–H and O–H groups in total. The molecule has 1 aromatic carbocycles. The summed E-state index contributed by atoms with van der Waals surface area (Å²) in [6.45, 7) is 6.86. The molecule has 0 amide bonds. The van der Waals surface area contributed by atoms with Crippen LogP contribution in [-0.4, -0.2) is 54.7 Å². The number of ketones is 1. The Labute approximate surface area is 232 Å². The molecule has 0 aliphatic heterocycles. The van der Waals surface area contributed by atoms with E-state index in [1.807, 2.05) is 0 Å². The number of benzene rings is 1. The van der Waals surface area contributed by atoms with Gasteiger partial charge in [-0.25, -0.2) is 9.37 Å². The minimum atomic E-state index is -4.69. The van der Waals surface area contributed by atoms with Gasteiger partial charge in [0.05, 0.1) is 23.0 Å². The van der Waals surface area contributed by atoms with Gasteiger partial charge in [-0.05, 0) is 36.4 Å². The third-order valence-corrected chi connectivity index (χ3v) is 8.05. The minimum absolute atomic E-state index is 0.00916. The van der Waals surface area contributed by atoms with Gasteiger partial charge in [0, 0.05) is 44.4 Å². The molecule has 0 aliphatic carbocycles. The molecule has 0 unspecified atom stereocenters. The van der Waals surface area contributed by atoms with Crippen LogP contribution in [0.25, 0.3) is 28.4 Å². The van der Waals surface area contributed by atoms with E-state index >= 15 is 4.39 Å². The molecular weight excluding hydrogens is 558 g/mol. The van der Waals surface area contributed by atoms with Crippen molar-refractivity contribution in [2.45, 2.75) is 38.6 Å². The number of carbonyl (C=O) groups is 1. The van der Waals surface area contributed by atoms with Crippen LogP contribution in [0.4, 0.5) is 17.6 Å². The Morgan fingerprint density at radius 3 is 2.44 bits per heavy atom. The number of aromatic nitrogens is 7. The van der Waals surface area contributed by atoms with Gasteiger partial charge in [0.15, 0.2) is 17.4 Å². The molecule has 4 heterocycles. The fraction of sp³-hybridized carbons (Fsp3) is 0.259. The Kier molecular flexibility index (Phi) is 7.53. The lowest BCUT2D eigenvalue weighted by Gasteiger charge is -2.17. The topological polar surface area (TPSA) is 101 Å². The first-order chi connectivity index (χ1) is 19.4. The summed E-state index contributed by atoms with van der Waals surface area (Å²) in [4.78, 5) is 25.3. The van der Waals surface area contributed by atoms with Crippen molar-refractivity contribution < 1.29 is 27.1 Å². The third kappa shape index (κ3) is 5.93. The van der Waals surface area contributed by atoms with E-state index in [2.05, 4.69) is 44.8 Å². The van der Waals surface area contributed by atoms with Gasteiger partial charge in [0.25, 0.3) is 0 Å². The van der Waals surface area contributed by atoms with Crippen molar-refractivity contribution in [3.63, 3.8) is 0 Å². The normalized spacial score (nSPS) is 12.3. The van der Waals surface area contributed by atoms with E-state index in [1.165, 1.54) is 35.2 Å². The highest BCUT2D eigenvalue weighted by atomic mass is 28.3. The second-order valence-corrected chi connectivity index (χ2v) is 16.1. The summed E-state index contributed by atoms with van der Waals surface area (Å²) in [6.07, 6.45) is 1.41. The fourth-order valence-electron chi connectivity index (χ4n) is 4.20. The monoisotopic (exact) mass is 583 g/mol. The van der Waals surface area contributed by atoms with Gasteiger partial charge >= 0.3 is 6.18 Å². The first-order valence-corrected chi connectivity index (χ1v) is 16.3. The van der Waals surface area contributed by atoms with Gasteiger partial charge in [0.1, 0.15) is 18.6 Å². The van der Waals surface area contributed by atoms with Crippen LogP contribution in [0.15, 0.2) is 61.4 Å². The molecule has 212 valence electrons. The van der Waals surface area contributed by atoms with Crippen LogP contribution in [0.2, 0.25) is 25.7 Å². The molecule has 0 spiro atoms. The number of rotatable bonds is 9. The SMILES string of the molecule is C[Si](C)(C)CCOCn1c(-c2nncn2-c2cnccc2C(F)(F)F)nc2c(F)cc(C(=O)c3ccncc3)cc21. The summed E-state index contributed by atoms with van der Waals surface area (Å²) in [5.41, 5.74) is -0.804. The highest BCUT2D eigenvalue weighted by molar-refractivity contribution is 6.76. The summed E-state index contributed by atoms with van der Waals surface area (Å²) in [7, 11) is -1.45. The average molecular weight is 584 g/mol. The van der Waals surface area contributed by atoms with Gasteiger partial charge in [-0.3, -0.25) is 23.9 Å². The third-order valence-electron chi connectivity index (χ3n) is 6.34. The van der Waals surface area contributed by atoms with E-state index in [0.29, 0.717) is 12.2 Å². The number of halogens is 4. The fourth-order valence-corrected chi connectivity index (χ4v) is 4.96. The van der Waals surface area contributed by atoms with Gasteiger partial charge < -0.3 is 4.74 Å². The molecule has 5 rings (SSSR count). The molecule has 9 nitrogen and oxygen atoms in total. The lowest BCUT2D eigenvalue weighted by Crippen LogP contribution is -2.22. The summed E-state index contributed by atoms with van der Waals surface area (Å²) >= 11 is 0. The molecule has 5 aromatic rings. The number of carbonyl (C=O) groups excluding carboxylic acids is 1. The van der Waals surface area contributed by atoms with Crippen LogP contribution >= 0.6 is 0 Å². The van der Waals surface area contributed by atoms with Crippen molar-refractivity contribution >= 4 is 24.9 Å². The van der Waals surface area contributed by atoms with Gasteiger partial charge in [-0.15, -0.1) is 10.2 Å². The lowest BCUT2D eigenvalue weighted by molar-refractivity contribution is -0.137. The van der Waals surface area contributed by atoms with Crippen LogP contribution in [0.5, 0.6) is 0 Å². The maximum Gasteiger partial charge on any atom is 0.418 e. The van der Waals surface area contributed by atoms with Crippen molar-refractivity contribution in [3.8, 4) is 17.3 Å². The number of nitrogens with zero attached hydrogens (tertiary/aromatic N) is 7. The molecule has 0 fully saturated rings. The Bertz CT molecular complexity index is 1710. The van der Waals surface area contributed by atoms with E-state index in [-0.39, 0.29) is 40.7 Å². The quantitative estimate of drug-likeness (QED) is 0.0939. The first-order valence-electron chi connectivity index (χ1n) is 12.6. The molecule has 4 aromatic heterocycles. The molecule has 0 saturated heterocycles. The summed E-state index contributed by atoms with van der Waals surface area (Å²) in [6, 6.07) is 7.27. The van der Waals surface area contributed by atoms with Crippen LogP contribution in [-0.2, 0) is 17.6 Å². The molecule has 0 atom stereocenters. The van der Waals surface area contributed by atoms with Crippen molar-refractivity contribution in [2.75, 3.05) is 6.61 Å². The summed E-state index contributed by atoms with van der Waals surface area (Å²) in [5.74, 6) is -1.30. The van der Waals surface area contributed by atoms with Gasteiger partial charge in [-0.2, -0.15) is 13.2 Å².